The van der Waals surface area contributed by atoms with Crippen LogP contribution in [0.25, 0.3) is 0 Å². The zero-order valence-electron chi connectivity index (χ0n) is 19.3. The van der Waals surface area contributed by atoms with Crippen molar-refractivity contribution < 1.29 is 33.7 Å². The molecule has 0 aliphatic heterocycles. The van der Waals surface area contributed by atoms with Crippen molar-refractivity contribution in [2.75, 3.05) is 19.8 Å². The maximum Gasteiger partial charge on any atom is 0.310 e. The summed E-state index contributed by atoms with van der Waals surface area (Å²) in [6.07, 6.45) is 7.31. The standard InChI is InChI=1S/C23H42O7/c1-5-7-9-11-14-28-21(25)17-20(23(27)30-16-13-18(3)24)19(4)22(26)29-15-12-10-8-6-2/h18-20,24H,5-17H2,1-4H3. The average Bonchev–Trinajstić information content (AvgIpc) is 2.70. The Morgan fingerprint density at radius 2 is 1.27 bits per heavy atom. The highest BCUT2D eigenvalue weighted by atomic mass is 16.5. The molecule has 0 aliphatic rings. The number of unbranched alkanes of at least 4 members (excludes halogenated alkanes) is 6. The summed E-state index contributed by atoms with van der Waals surface area (Å²) >= 11 is 0. The SMILES string of the molecule is CCCCCCOC(=O)CC(C(=O)OCCC(C)O)C(C)C(=O)OCCCCCC. The Morgan fingerprint density at radius 3 is 1.80 bits per heavy atom. The molecular formula is C23H42O7. The van der Waals surface area contributed by atoms with Gasteiger partial charge in [0, 0.05) is 6.42 Å². The minimum absolute atomic E-state index is 0.0256. The van der Waals surface area contributed by atoms with E-state index in [9.17, 15) is 19.5 Å². The van der Waals surface area contributed by atoms with Crippen molar-refractivity contribution in [3.8, 4) is 0 Å². The van der Waals surface area contributed by atoms with Crippen LogP contribution >= 0.6 is 0 Å². The molecule has 176 valence electrons. The van der Waals surface area contributed by atoms with Crippen LogP contribution in [0.1, 0.15) is 91.9 Å². The molecule has 1 N–H and O–H groups in total. The number of ether oxygens (including phenoxy) is 3. The first-order valence-electron chi connectivity index (χ1n) is 11.5. The maximum atomic E-state index is 12.5. The third-order valence-electron chi connectivity index (χ3n) is 4.95. The zero-order valence-corrected chi connectivity index (χ0v) is 19.3. The molecule has 0 amide bonds. The molecular weight excluding hydrogens is 388 g/mol. The van der Waals surface area contributed by atoms with Crippen LogP contribution in [0.3, 0.4) is 0 Å². The highest BCUT2D eigenvalue weighted by Gasteiger charge is 2.35. The van der Waals surface area contributed by atoms with E-state index in [2.05, 4.69) is 13.8 Å². The van der Waals surface area contributed by atoms with Gasteiger partial charge in [-0.3, -0.25) is 14.4 Å². The molecule has 0 heterocycles. The fourth-order valence-electron chi connectivity index (χ4n) is 2.85. The quantitative estimate of drug-likeness (QED) is 0.198. The van der Waals surface area contributed by atoms with E-state index in [1.54, 1.807) is 13.8 Å². The van der Waals surface area contributed by atoms with Gasteiger partial charge in [0.1, 0.15) is 0 Å². The number of carbonyl (C=O) groups is 3. The molecule has 0 rings (SSSR count). The van der Waals surface area contributed by atoms with Crippen LogP contribution in [0.5, 0.6) is 0 Å². The van der Waals surface area contributed by atoms with Gasteiger partial charge < -0.3 is 19.3 Å². The van der Waals surface area contributed by atoms with Gasteiger partial charge in [-0.1, -0.05) is 59.3 Å². The van der Waals surface area contributed by atoms with Crippen molar-refractivity contribution in [1.82, 2.24) is 0 Å². The van der Waals surface area contributed by atoms with E-state index in [0.717, 1.165) is 51.4 Å². The molecule has 0 aliphatic carbocycles. The molecule has 7 nitrogen and oxygen atoms in total. The van der Waals surface area contributed by atoms with Crippen LogP contribution in [0, 0.1) is 11.8 Å². The van der Waals surface area contributed by atoms with E-state index in [-0.39, 0.29) is 19.4 Å². The van der Waals surface area contributed by atoms with Crippen LogP contribution in [-0.4, -0.2) is 48.9 Å². The first-order valence-corrected chi connectivity index (χ1v) is 11.5. The summed E-state index contributed by atoms with van der Waals surface area (Å²) in [6.45, 7) is 8.00. The van der Waals surface area contributed by atoms with Crippen molar-refractivity contribution in [2.45, 2.75) is 98.0 Å². The molecule has 0 fully saturated rings. The summed E-state index contributed by atoms with van der Waals surface area (Å²) in [5.74, 6) is -3.46. The number of aliphatic hydroxyl groups is 1. The summed E-state index contributed by atoms with van der Waals surface area (Å²) < 4.78 is 15.7. The predicted molar refractivity (Wildman–Crippen MR) is 115 cm³/mol. The highest BCUT2D eigenvalue weighted by Crippen LogP contribution is 2.21. The number of carbonyl (C=O) groups excluding carboxylic acids is 3. The van der Waals surface area contributed by atoms with E-state index in [1.165, 1.54) is 0 Å². The van der Waals surface area contributed by atoms with Gasteiger partial charge in [0.2, 0.25) is 0 Å². The van der Waals surface area contributed by atoms with E-state index < -0.39 is 35.8 Å². The first-order chi connectivity index (χ1) is 14.3. The van der Waals surface area contributed by atoms with Gasteiger partial charge in [0.05, 0.1) is 44.2 Å². The normalized spacial score (nSPS) is 13.9. The number of esters is 3. The van der Waals surface area contributed by atoms with Crippen molar-refractivity contribution in [2.24, 2.45) is 11.8 Å². The molecule has 0 saturated heterocycles. The van der Waals surface area contributed by atoms with Crippen LogP contribution in [0.15, 0.2) is 0 Å². The second kappa shape index (κ2) is 18.2. The molecule has 0 aromatic heterocycles. The van der Waals surface area contributed by atoms with E-state index in [0.29, 0.717) is 13.2 Å². The Morgan fingerprint density at radius 1 is 0.733 bits per heavy atom. The van der Waals surface area contributed by atoms with Crippen LogP contribution in [0.4, 0.5) is 0 Å². The van der Waals surface area contributed by atoms with Crippen LogP contribution in [-0.2, 0) is 28.6 Å². The average molecular weight is 431 g/mol. The number of rotatable bonds is 18. The molecule has 0 aromatic rings. The summed E-state index contributed by atoms with van der Waals surface area (Å²) in [4.78, 5) is 37.1. The van der Waals surface area contributed by atoms with E-state index in [1.807, 2.05) is 0 Å². The molecule has 0 aromatic carbocycles. The van der Waals surface area contributed by atoms with Crippen molar-refractivity contribution in [3.63, 3.8) is 0 Å². The second-order valence-corrected chi connectivity index (χ2v) is 7.91. The fraction of sp³-hybridized carbons (Fsp3) is 0.870. The molecule has 30 heavy (non-hydrogen) atoms. The molecule has 0 spiro atoms. The van der Waals surface area contributed by atoms with Gasteiger partial charge in [-0.25, -0.2) is 0 Å². The smallest absolute Gasteiger partial charge is 0.310 e. The van der Waals surface area contributed by atoms with Crippen LogP contribution in [0.2, 0.25) is 0 Å². The number of hydrogen-bond donors (Lipinski definition) is 1. The topological polar surface area (TPSA) is 99.1 Å². The fourth-order valence-corrected chi connectivity index (χ4v) is 2.85. The van der Waals surface area contributed by atoms with Crippen molar-refractivity contribution in [1.29, 1.82) is 0 Å². The Labute approximate surface area is 181 Å². The summed E-state index contributed by atoms with van der Waals surface area (Å²) in [5, 5.41) is 9.32. The minimum atomic E-state index is -0.967. The lowest BCUT2D eigenvalue weighted by Crippen LogP contribution is -2.33. The van der Waals surface area contributed by atoms with Crippen molar-refractivity contribution >= 4 is 17.9 Å². The minimum Gasteiger partial charge on any atom is -0.466 e. The van der Waals surface area contributed by atoms with Gasteiger partial charge >= 0.3 is 17.9 Å². The van der Waals surface area contributed by atoms with Gasteiger partial charge in [-0.2, -0.15) is 0 Å². The molecule has 0 saturated carbocycles. The molecule has 3 atom stereocenters. The second-order valence-electron chi connectivity index (χ2n) is 7.91. The van der Waals surface area contributed by atoms with E-state index >= 15 is 0 Å². The van der Waals surface area contributed by atoms with E-state index in [4.69, 9.17) is 14.2 Å². The molecule has 0 bridgehead atoms. The zero-order chi connectivity index (χ0) is 22.8. The Hall–Kier alpha value is -1.63. The number of aliphatic hydroxyl groups excluding tert-OH is 1. The monoisotopic (exact) mass is 430 g/mol. The molecule has 7 heteroatoms. The summed E-state index contributed by atoms with van der Waals surface area (Å²) in [6, 6.07) is 0. The largest absolute Gasteiger partial charge is 0.466 e. The Balaban J connectivity index is 4.73. The third kappa shape index (κ3) is 14.4. The first kappa shape index (κ1) is 28.4. The summed E-state index contributed by atoms with van der Waals surface area (Å²) in [5.41, 5.74) is 0. The van der Waals surface area contributed by atoms with Gasteiger partial charge in [0.15, 0.2) is 0 Å². The van der Waals surface area contributed by atoms with Gasteiger partial charge in [-0.05, 0) is 19.8 Å². The Kier molecular flexibility index (Phi) is 17.2. The lowest BCUT2D eigenvalue weighted by molar-refractivity contribution is -0.164. The van der Waals surface area contributed by atoms with Crippen molar-refractivity contribution in [3.05, 3.63) is 0 Å². The lowest BCUT2D eigenvalue weighted by Gasteiger charge is -2.21. The summed E-state index contributed by atoms with van der Waals surface area (Å²) in [7, 11) is 0. The third-order valence-corrected chi connectivity index (χ3v) is 4.95. The highest BCUT2D eigenvalue weighted by molar-refractivity contribution is 5.85. The van der Waals surface area contributed by atoms with Crippen LogP contribution < -0.4 is 0 Å². The number of hydrogen-bond acceptors (Lipinski definition) is 7. The molecule has 0 radical (unpaired) electrons. The van der Waals surface area contributed by atoms with Gasteiger partial charge in [0.25, 0.3) is 0 Å². The maximum absolute atomic E-state index is 12.5. The molecule has 3 unspecified atom stereocenters. The van der Waals surface area contributed by atoms with Gasteiger partial charge in [-0.15, -0.1) is 0 Å². The lowest BCUT2D eigenvalue weighted by atomic mass is 9.91. The predicted octanol–water partition coefficient (Wildman–Crippen LogP) is 4.19. The Bertz CT molecular complexity index is 476.